The molecule has 0 aromatic heterocycles. The summed E-state index contributed by atoms with van der Waals surface area (Å²) in [4.78, 5) is 1.72. The van der Waals surface area contributed by atoms with Gasteiger partial charge in [-0.05, 0) is 44.5 Å². The summed E-state index contributed by atoms with van der Waals surface area (Å²) in [7, 11) is 0. The summed E-state index contributed by atoms with van der Waals surface area (Å²) in [5, 5.41) is 3.39. The standard InChI is InChI=1S/C15H20F4N2/c1-3-14(2)10-21(8-4-7-20-14)13-9-11(15(17,18)19)5-6-12(13)16/h5-6,9,20H,3-4,7-8,10H2,1-2H3. The SMILES string of the molecule is CCC1(C)CN(c2cc(C(F)(F)F)ccc2F)CCCN1. The van der Waals surface area contributed by atoms with Crippen LogP contribution in [-0.2, 0) is 6.18 Å². The number of halogens is 4. The topological polar surface area (TPSA) is 15.3 Å². The molecule has 1 aromatic carbocycles. The molecule has 0 bridgehead atoms. The summed E-state index contributed by atoms with van der Waals surface area (Å²) >= 11 is 0. The van der Waals surface area contributed by atoms with Crippen molar-refractivity contribution in [3.8, 4) is 0 Å². The third kappa shape index (κ3) is 3.67. The number of nitrogens with zero attached hydrogens (tertiary/aromatic N) is 1. The van der Waals surface area contributed by atoms with Gasteiger partial charge in [0.05, 0.1) is 11.3 Å². The lowest BCUT2D eigenvalue weighted by Gasteiger charge is -2.34. The average Bonchev–Trinajstić information content (AvgIpc) is 2.61. The zero-order chi connectivity index (χ0) is 15.7. The molecule has 2 rings (SSSR count). The summed E-state index contributed by atoms with van der Waals surface area (Å²) in [5.74, 6) is -0.608. The minimum absolute atomic E-state index is 0.0354. The molecule has 1 heterocycles. The summed E-state index contributed by atoms with van der Waals surface area (Å²) in [6, 6.07) is 2.60. The second-order valence-corrected chi connectivity index (χ2v) is 5.78. The van der Waals surface area contributed by atoms with Crippen LogP contribution < -0.4 is 10.2 Å². The van der Waals surface area contributed by atoms with E-state index >= 15 is 0 Å². The van der Waals surface area contributed by atoms with E-state index in [2.05, 4.69) is 5.32 Å². The Morgan fingerprint density at radius 2 is 2.05 bits per heavy atom. The molecule has 0 radical (unpaired) electrons. The van der Waals surface area contributed by atoms with Gasteiger partial charge in [0.1, 0.15) is 5.82 Å². The highest BCUT2D eigenvalue weighted by Crippen LogP contribution is 2.34. The lowest BCUT2D eigenvalue weighted by molar-refractivity contribution is -0.137. The molecular weight excluding hydrogens is 284 g/mol. The van der Waals surface area contributed by atoms with Gasteiger partial charge in [-0.25, -0.2) is 4.39 Å². The van der Waals surface area contributed by atoms with Gasteiger partial charge in [-0.1, -0.05) is 6.92 Å². The Kier molecular flexibility index (Phi) is 4.46. The number of hydrogen-bond acceptors (Lipinski definition) is 2. The third-order valence-corrected chi connectivity index (χ3v) is 4.09. The largest absolute Gasteiger partial charge is 0.416 e. The fourth-order valence-corrected chi connectivity index (χ4v) is 2.59. The van der Waals surface area contributed by atoms with Gasteiger partial charge >= 0.3 is 6.18 Å². The minimum Gasteiger partial charge on any atom is -0.367 e. The molecule has 0 spiro atoms. The molecule has 1 saturated heterocycles. The van der Waals surface area contributed by atoms with Crippen molar-refractivity contribution in [1.82, 2.24) is 5.32 Å². The first-order valence-corrected chi connectivity index (χ1v) is 7.12. The van der Waals surface area contributed by atoms with E-state index in [0.717, 1.165) is 37.6 Å². The number of anilines is 1. The summed E-state index contributed by atoms with van der Waals surface area (Å²) in [6.45, 7) is 5.83. The molecule has 1 N–H and O–H groups in total. The number of rotatable bonds is 2. The monoisotopic (exact) mass is 304 g/mol. The van der Waals surface area contributed by atoms with Crippen molar-refractivity contribution in [3.05, 3.63) is 29.6 Å². The maximum atomic E-state index is 14.0. The van der Waals surface area contributed by atoms with Crippen molar-refractivity contribution in [1.29, 1.82) is 0 Å². The van der Waals surface area contributed by atoms with Crippen LogP contribution in [0.1, 0.15) is 32.3 Å². The summed E-state index contributed by atoms with van der Waals surface area (Å²) in [5.41, 5.74) is -1.00. The van der Waals surface area contributed by atoms with Crippen LogP contribution in [0.3, 0.4) is 0 Å². The third-order valence-electron chi connectivity index (χ3n) is 4.09. The molecule has 21 heavy (non-hydrogen) atoms. The average molecular weight is 304 g/mol. The first-order valence-electron chi connectivity index (χ1n) is 7.12. The van der Waals surface area contributed by atoms with E-state index in [1.54, 1.807) is 4.90 Å². The second-order valence-electron chi connectivity index (χ2n) is 5.78. The van der Waals surface area contributed by atoms with E-state index in [1.807, 2.05) is 13.8 Å². The first-order chi connectivity index (χ1) is 9.75. The van der Waals surface area contributed by atoms with Gasteiger partial charge in [0.25, 0.3) is 0 Å². The second kappa shape index (κ2) is 5.83. The molecule has 0 aliphatic carbocycles. The molecule has 1 unspecified atom stereocenters. The Hall–Kier alpha value is -1.30. The highest BCUT2D eigenvalue weighted by atomic mass is 19.4. The maximum Gasteiger partial charge on any atom is 0.416 e. The van der Waals surface area contributed by atoms with Crippen LogP contribution in [0.15, 0.2) is 18.2 Å². The van der Waals surface area contributed by atoms with Gasteiger partial charge in [0, 0.05) is 18.6 Å². The van der Waals surface area contributed by atoms with E-state index in [-0.39, 0.29) is 11.2 Å². The van der Waals surface area contributed by atoms with Gasteiger partial charge in [-0.15, -0.1) is 0 Å². The number of nitrogens with one attached hydrogen (secondary N) is 1. The normalized spacial score (nSPS) is 24.0. The van der Waals surface area contributed by atoms with Crippen molar-refractivity contribution < 1.29 is 17.6 Å². The van der Waals surface area contributed by atoms with Gasteiger partial charge in [0.15, 0.2) is 0 Å². The smallest absolute Gasteiger partial charge is 0.367 e. The summed E-state index contributed by atoms with van der Waals surface area (Å²) in [6.07, 6.45) is -2.87. The molecule has 0 saturated carbocycles. The Labute approximate surface area is 122 Å². The Morgan fingerprint density at radius 1 is 1.33 bits per heavy atom. The molecule has 1 aromatic rings. The van der Waals surface area contributed by atoms with Crippen LogP contribution in [0.25, 0.3) is 0 Å². The zero-order valence-corrected chi connectivity index (χ0v) is 12.2. The van der Waals surface area contributed by atoms with Gasteiger partial charge in [-0.3, -0.25) is 0 Å². The number of benzene rings is 1. The molecule has 1 fully saturated rings. The molecule has 1 atom stereocenters. The Balaban J connectivity index is 2.35. The number of alkyl halides is 3. The number of hydrogen-bond donors (Lipinski definition) is 1. The predicted octanol–water partition coefficient (Wildman–Crippen LogP) is 3.81. The molecule has 1 aliphatic rings. The van der Waals surface area contributed by atoms with Crippen LogP contribution in [0.4, 0.5) is 23.2 Å². The van der Waals surface area contributed by atoms with Gasteiger partial charge in [-0.2, -0.15) is 13.2 Å². The molecule has 6 heteroatoms. The van der Waals surface area contributed by atoms with Crippen LogP contribution in [-0.4, -0.2) is 25.2 Å². The van der Waals surface area contributed by atoms with Crippen molar-refractivity contribution in [2.75, 3.05) is 24.5 Å². The fraction of sp³-hybridized carbons (Fsp3) is 0.600. The quantitative estimate of drug-likeness (QED) is 0.836. The molecule has 1 aliphatic heterocycles. The van der Waals surface area contributed by atoms with Crippen molar-refractivity contribution in [3.63, 3.8) is 0 Å². The van der Waals surface area contributed by atoms with E-state index in [0.29, 0.717) is 13.1 Å². The first kappa shape index (κ1) is 16.1. The highest BCUT2D eigenvalue weighted by molar-refractivity contribution is 5.51. The van der Waals surface area contributed by atoms with Crippen molar-refractivity contribution in [2.45, 2.75) is 38.4 Å². The van der Waals surface area contributed by atoms with E-state index in [4.69, 9.17) is 0 Å². The van der Waals surface area contributed by atoms with Crippen LogP contribution in [0.5, 0.6) is 0 Å². The van der Waals surface area contributed by atoms with Crippen LogP contribution in [0, 0.1) is 5.82 Å². The molecule has 0 amide bonds. The van der Waals surface area contributed by atoms with Crippen molar-refractivity contribution in [2.24, 2.45) is 0 Å². The van der Waals surface area contributed by atoms with Gasteiger partial charge < -0.3 is 10.2 Å². The lowest BCUT2D eigenvalue weighted by Crippen LogP contribution is -2.48. The molecule has 118 valence electrons. The Morgan fingerprint density at radius 3 is 2.67 bits per heavy atom. The Bertz CT molecular complexity index is 501. The molecular formula is C15H20F4N2. The lowest BCUT2D eigenvalue weighted by atomic mass is 9.98. The van der Waals surface area contributed by atoms with Crippen LogP contribution in [0.2, 0.25) is 0 Å². The summed E-state index contributed by atoms with van der Waals surface area (Å²) < 4.78 is 52.4. The fourth-order valence-electron chi connectivity index (χ4n) is 2.59. The zero-order valence-electron chi connectivity index (χ0n) is 12.2. The van der Waals surface area contributed by atoms with Gasteiger partial charge in [0.2, 0.25) is 0 Å². The van der Waals surface area contributed by atoms with E-state index < -0.39 is 17.6 Å². The van der Waals surface area contributed by atoms with Crippen molar-refractivity contribution >= 4 is 5.69 Å². The molecule has 2 nitrogen and oxygen atoms in total. The van der Waals surface area contributed by atoms with Crippen LogP contribution >= 0.6 is 0 Å². The van der Waals surface area contributed by atoms with E-state index in [1.165, 1.54) is 0 Å². The maximum absolute atomic E-state index is 14.0. The predicted molar refractivity (Wildman–Crippen MR) is 74.9 cm³/mol. The van der Waals surface area contributed by atoms with E-state index in [9.17, 15) is 17.6 Å². The minimum atomic E-state index is -4.46. The highest BCUT2D eigenvalue weighted by Gasteiger charge is 2.33.